The molecule has 0 radical (unpaired) electrons. The lowest BCUT2D eigenvalue weighted by atomic mass is 10.0. The Morgan fingerprint density at radius 2 is 1.92 bits per heavy atom. The molecule has 2 saturated heterocycles. The molecule has 25 heavy (non-hydrogen) atoms. The summed E-state index contributed by atoms with van der Waals surface area (Å²) in [7, 11) is 0. The van der Waals surface area contributed by atoms with Gasteiger partial charge in [-0.25, -0.2) is 4.39 Å². The van der Waals surface area contributed by atoms with Crippen molar-refractivity contribution in [1.82, 2.24) is 14.7 Å². The van der Waals surface area contributed by atoms with Crippen molar-refractivity contribution in [3.63, 3.8) is 0 Å². The van der Waals surface area contributed by atoms with Crippen LogP contribution in [0.3, 0.4) is 0 Å². The highest BCUT2D eigenvalue weighted by Gasteiger charge is 2.36. The lowest BCUT2D eigenvalue weighted by Crippen LogP contribution is -2.53. The average molecular weight is 349 g/mol. The number of hydrogen-bond donors (Lipinski definition) is 1. The molecule has 2 aliphatic rings. The highest BCUT2D eigenvalue weighted by atomic mass is 19.1. The molecule has 2 heterocycles. The summed E-state index contributed by atoms with van der Waals surface area (Å²) in [6, 6.07) is 6.87. The molecule has 0 spiro atoms. The molecule has 1 aromatic rings. The van der Waals surface area contributed by atoms with Crippen molar-refractivity contribution >= 4 is 5.91 Å². The van der Waals surface area contributed by atoms with E-state index in [2.05, 4.69) is 16.7 Å². The van der Waals surface area contributed by atoms with E-state index in [0.29, 0.717) is 24.1 Å². The molecular weight excluding hydrogens is 321 g/mol. The lowest BCUT2D eigenvalue weighted by Gasteiger charge is -2.39. The van der Waals surface area contributed by atoms with E-state index in [9.17, 15) is 14.3 Å². The number of halogens is 1. The second-order valence-electron chi connectivity index (χ2n) is 7.34. The van der Waals surface area contributed by atoms with Gasteiger partial charge in [-0.1, -0.05) is 25.1 Å². The Labute approximate surface area is 149 Å². The maximum Gasteiger partial charge on any atom is 0.219 e. The van der Waals surface area contributed by atoms with Crippen molar-refractivity contribution in [1.29, 1.82) is 0 Å². The number of β-amino-alcohol motifs (C(OH)–C–C–N with tert-alkyl or cyclic N) is 1. The van der Waals surface area contributed by atoms with Crippen LogP contribution >= 0.6 is 0 Å². The van der Waals surface area contributed by atoms with Gasteiger partial charge in [-0.05, 0) is 12.0 Å². The maximum absolute atomic E-state index is 13.8. The van der Waals surface area contributed by atoms with E-state index >= 15 is 0 Å². The summed E-state index contributed by atoms with van der Waals surface area (Å²) in [6.45, 7) is 9.48. The SMILES string of the molecule is CC(=O)N1CCN([C@@H]2CN(C[C@H](O)c3ccccc3F)C[C@H]2C)CC1. The first-order chi connectivity index (χ1) is 12.0. The summed E-state index contributed by atoms with van der Waals surface area (Å²) in [5.74, 6) is 0.296. The molecule has 1 N–H and O–H groups in total. The van der Waals surface area contributed by atoms with Crippen molar-refractivity contribution < 1.29 is 14.3 Å². The first-order valence-electron chi connectivity index (χ1n) is 9.10. The fourth-order valence-electron chi connectivity index (χ4n) is 4.13. The number of nitrogens with zero attached hydrogens (tertiary/aromatic N) is 3. The van der Waals surface area contributed by atoms with E-state index in [1.165, 1.54) is 6.07 Å². The number of aliphatic hydroxyl groups excluding tert-OH is 1. The van der Waals surface area contributed by atoms with Crippen LogP contribution in [0.1, 0.15) is 25.5 Å². The Morgan fingerprint density at radius 1 is 1.24 bits per heavy atom. The first kappa shape index (κ1) is 18.3. The predicted octanol–water partition coefficient (Wildman–Crippen LogP) is 1.34. The quantitative estimate of drug-likeness (QED) is 0.891. The minimum atomic E-state index is -0.804. The van der Waals surface area contributed by atoms with Crippen LogP contribution in [0.2, 0.25) is 0 Å². The van der Waals surface area contributed by atoms with E-state index in [1.807, 2.05) is 4.90 Å². The van der Waals surface area contributed by atoms with Crippen molar-refractivity contribution in [2.24, 2.45) is 5.92 Å². The molecule has 138 valence electrons. The second-order valence-corrected chi connectivity index (χ2v) is 7.34. The second kappa shape index (κ2) is 7.81. The number of piperazine rings is 1. The first-order valence-corrected chi connectivity index (χ1v) is 9.10. The number of benzene rings is 1. The number of hydrogen-bond acceptors (Lipinski definition) is 4. The third-order valence-electron chi connectivity index (χ3n) is 5.57. The minimum Gasteiger partial charge on any atom is -0.387 e. The van der Waals surface area contributed by atoms with E-state index in [0.717, 1.165) is 39.3 Å². The monoisotopic (exact) mass is 349 g/mol. The molecule has 1 aromatic carbocycles. The number of likely N-dealkylation sites (tertiary alicyclic amines) is 1. The van der Waals surface area contributed by atoms with Gasteiger partial charge in [0.15, 0.2) is 0 Å². The smallest absolute Gasteiger partial charge is 0.219 e. The number of amides is 1. The Balaban J connectivity index is 1.55. The van der Waals surface area contributed by atoms with Gasteiger partial charge in [-0.3, -0.25) is 14.6 Å². The molecule has 5 nitrogen and oxygen atoms in total. The molecule has 3 atom stereocenters. The van der Waals surface area contributed by atoms with Gasteiger partial charge >= 0.3 is 0 Å². The summed E-state index contributed by atoms with van der Waals surface area (Å²) >= 11 is 0. The van der Waals surface area contributed by atoms with Gasteiger partial charge < -0.3 is 10.0 Å². The third kappa shape index (κ3) is 4.19. The van der Waals surface area contributed by atoms with Gasteiger partial charge in [0.1, 0.15) is 5.82 Å². The van der Waals surface area contributed by atoms with Gasteiger partial charge in [0.25, 0.3) is 0 Å². The number of aliphatic hydroxyl groups is 1. The van der Waals surface area contributed by atoms with Gasteiger partial charge in [0.2, 0.25) is 5.91 Å². The summed E-state index contributed by atoms with van der Waals surface area (Å²) in [4.78, 5) is 18.0. The Kier molecular flexibility index (Phi) is 5.71. The zero-order valence-electron chi connectivity index (χ0n) is 15.1. The van der Waals surface area contributed by atoms with E-state index in [-0.39, 0.29) is 11.7 Å². The standard InChI is InChI=1S/C19H28FN3O2/c1-14-11-21(13-19(25)16-5-3-4-6-17(16)20)12-18(14)23-9-7-22(8-10-23)15(2)24/h3-6,14,18-19,25H,7-13H2,1-2H3/t14-,18-,19+/m1/s1. The Bertz CT molecular complexity index is 604. The lowest BCUT2D eigenvalue weighted by molar-refractivity contribution is -0.130. The Morgan fingerprint density at radius 3 is 2.56 bits per heavy atom. The molecule has 1 amide bonds. The molecule has 6 heteroatoms. The van der Waals surface area contributed by atoms with Crippen LogP contribution in [-0.4, -0.2) is 77.6 Å². The van der Waals surface area contributed by atoms with Crippen molar-refractivity contribution in [3.8, 4) is 0 Å². The molecular formula is C19H28FN3O2. The van der Waals surface area contributed by atoms with Crippen LogP contribution in [0.4, 0.5) is 4.39 Å². The molecule has 0 unspecified atom stereocenters. The van der Waals surface area contributed by atoms with Crippen molar-refractivity contribution in [3.05, 3.63) is 35.6 Å². The highest BCUT2D eigenvalue weighted by molar-refractivity contribution is 5.73. The molecule has 0 aliphatic carbocycles. The fraction of sp³-hybridized carbons (Fsp3) is 0.632. The minimum absolute atomic E-state index is 0.147. The van der Waals surface area contributed by atoms with Gasteiger partial charge in [-0.15, -0.1) is 0 Å². The van der Waals surface area contributed by atoms with Crippen LogP contribution in [0.15, 0.2) is 24.3 Å². The van der Waals surface area contributed by atoms with Crippen molar-refractivity contribution in [2.45, 2.75) is 26.0 Å². The van der Waals surface area contributed by atoms with Crippen LogP contribution in [0, 0.1) is 11.7 Å². The summed E-state index contributed by atoms with van der Waals surface area (Å²) in [5, 5.41) is 10.4. The van der Waals surface area contributed by atoms with Gasteiger partial charge in [0, 0.05) is 64.3 Å². The predicted molar refractivity (Wildman–Crippen MR) is 94.6 cm³/mol. The van der Waals surface area contributed by atoms with E-state index in [4.69, 9.17) is 0 Å². The fourth-order valence-corrected chi connectivity index (χ4v) is 4.13. The van der Waals surface area contributed by atoms with Crippen LogP contribution in [-0.2, 0) is 4.79 Å². The summed E-state index contributed by atoms with van der Waals surface area (Å²) in [6.07, 6.45) is -0.804. The molecule has 2 aliphatic heterocycles. The topological polar surface area (TPSA) is 47.0 Å². The molecule has 0 aromatic heterocycles. The summed E-state index contributed by atoms with van der Waals surface area (Å²) < 4.78 is 13.8. The number of carbonyl (C=O) groups excluding carboxylic acids is 1. The molecule has 3 rings (SSSR count). The maximum atomic E-state index is 13.8. The normalized spacial score (nSPS) is 26.8. The number of rotatable bonds is 4. The Hall–Kier alpha value is -1.50. The van der Waals surface area contributed by atoms with Gasteiger partial charge in [-0.2, -0.15) is 0 Å². The van der Waals surface area contributed by atoms with Crippen LogP contribution in [0.5, 0.6) is 0 Å². The van der Waals surface area contributed by atoms with E-state index in [1.54, 1.807) is 25.1 Å². The number of carbonyl (C=O) groups is 1. The largest absolute Gasteiger partial charge is 0.387 e. The molecule has 2 fully saturated rings. The average Bonchev–Trinajstić information content (AvgIpc) is 2.95. The molecule has 0 bridgehead atoms. The summed E-state index contributed by atoms with van der Waals surface area (Å²) in [5.41, 5.74) is 0.369. The van der Waals surface area contributed by atoms with Crippen LogP contribution < -0.4 is 0 Å². The molecule has 0 saturated carbocycles. The van der Waals surface area contributed by atoms with Crippen molar-refractivity contribution in [2.75, 3.05) is 45.8 Å². The van der Waals surface area contributed by atoms with Gasteiger partial charge in [0.05, 0.1) is 6.10 Å². The van der Waals surface area contributed by atoms with E-state index < -0.39 is 6.10 Å². The third-order valence-corrected chi connectivity index (χ3v) is 5.57. The highest BCUT2D eigenvalue weighted by Crippen LogP contribution is 2.26. The zero-order chi connectivity index (χ0) is 18.0. The zero-order valence-corrected chi connectivity index (χ0v) is 15.1. The van der Waals surface area contributed by atoms with Crippen LogP contribution in [0.25, 0.3) is 0 Å².